The molecule has 3 rings (SSSR count). The molecule has 168 valence electrons. The highest BCUT2D eigenvalue weighted by atomic mass is 32.2. The molecule has 1 N–H and O–H groups in total. The van der Waals surface area contributed by atoms with Gasteiger partial charge in [0, 0.05) is 37.8 Å². The number of methoxy groups -OCH3 is 1. The van der Waals surface area contributed by atoms with Crippen LogP contribution in [0.3, 0.4) is 0 Å². The lowest BCUT2D eigenvalue weighted by Crippen LogP contribution is -2.42. The van der Waals surface area contributed by atoms with Gasteiger partial charge in [-0.3, -0.25) is 9.69 Å². The molecule has 2 heterocycles. The van der Waals surface area contributed by atoms with E-state index in [9.17, 15) is 13.2 Å². The quantitative estimate of drug-likeness (QED) is 0.621. The fraction of sp³-hybridized carbons (Fsp3) is 0.667. The average Bonchev–Trinajstić information content (AvgIpc) is 2.77. The Bertz CT molecular complexity index is 824. The molecule has 0 radical (unpaired) electrons. The molecular formula is C21H33N3O5S. The van der Waals surface area contributed by atoms with E-state index in [0.29, 0.717) is 18.7 Å². The predicted octanol–water partition coefficient (Wildman–Crippen LogP) is 1.71. The largest absolute Gasteiger partial charge is 0.495 e. The van der Waals surface area contributed by atoms with E-state index in [-0.39, 0.29) is 22.6 Å². The molecule has 1 atom stereocenters. The van der Waals surface area contributed by atoms with Gasteiger partial charge in [-0.2, -0.15) is 4.31 Å². The van der Waals surface area contributed by atoms with E-state index >= 15 is 0 Å². The lowest BCUT2D eigenvalue weighted by Gasteiger charge is -2.32. The van der Waals surface area contributed by atoms with Crippen LogP contribution < -0.4 is 10.1 Å². The molecule has 1 aromatic rings. The molecule has 1 unspecified atom stereocenters. The van der Waals surface area contributed by atoms with Gasteiger partial charge in [0.1, 0.15) is 10.6 Å². The minimum absolute atomic E-state index is 0.0553. The van der Waals surface area contributed by atoms with E-state index in [2.05, 4.69) is 10.2 Å². The summed E-state index contributed by atoms with van der Waals surface area (Å²) in [6.07, 6.45) is 3.54. The summed E-state index contributed by atoms with van der Waals surface area (Å²) < 4.78 is 38.7. The molecule has 2 saturated heterocycles. The van der Waals surface area contributed by atoms with Gasteiger partial charge >= 0.3 is 0 Å². The van der Waals surface area contributed by atoms with Crippen LogP contribution in [0.15, 0.2) is 23.1 Å². The summed E-state index contributed by atoms with van der Waals surface area (Å²) in [4.78, 5) is 15.0. The Labute approximate surface area is 179 Å². The van der Waals surface area contributed by atoms with Crippen molar-refractivity contribution in [1.29, 1.82) is 0 Å². The Morgan fingerprint density at radius 3 is 2.70 bits per heavy atom. The standard InChI is InChI=1S/C21H33N3O5S/c1-17-6-3-4-11-24(17)30(26,27)20-16-18(7-8-19(20)28-2)21(25)22-9-5-10-23-12-14-29-15-13-23/h7-8,16-17H,3-6,9-15H2,1-2H3,(H,22,25). The maximum Gasteiger partial charge on any atom is 0.251 e. The van der Waals surface area contributed by atoms with Gasteiger partial charge < -0.3 is 14.8 Å². The summed E-state index contributed by atoms with van der Waals surface area (Å²) >= 11 is 0. The number of nitrogens with one attached hydrogen (secondary N) is 1. The topological polar surface area (TPSA) is 88.2 Å². The van der Waals surface area contributed by atoms with Gasteiger partial charge in [0.15, 0.2) is 0 Å². The lowest BCUT2D eigenvalue weighted by atomic mass is 10.1. The SMILES string of the molecule is COc1ccc(C(=O)NCCCN2CCOCC2)cc1S(=O)(=O)N1CCCCC1C. The van der Waals surface area contributed by atoms with E-state index in [4.69, 9.17) is 9.47 Å². The monoisotopic (exact) mass is 439 g/mol. The van der Waals surface area contributed by atoms with Crippen LogP contribution in [0.1, 0.15) is 43.0 Å². The first-order valence-electron chi connectivity index (χ1n) is 10.7. The van der Waals surface area contributed by atoms with Crippen molar-refractivity contribution < 1.29 is 22.7 Å². The van der Waals surface area contributed by atoms with Gasteiger partial charge in [-0.15, -0.1) is 0 Å². The van der Waals surface area contributed by atoms with Crippen molar-refractivity contribution in [3.63, 3.8) is 0 Å². The number of piperidine rings is 1. The third kappa shape index (κ3) is 5.51. The van der Waals surface area contributed by atoms with Gasteiger partial charge in [0.05, 0.1) is 20.3 Å². The summed E-state index contributed by atoms with van der Waals surface area (Å²) in [6.45, 7) is 7.20. The number of nitrogens with zero attached hydrogens (tertiary/aromatic N) is 2. The molecular weight excluding hydrogens is 406 g/mol. The molecule has 0 bridgehead atoms. The predicted molar refractivity (Wildman–Crippen MR) is 114 cm³/mol. The molecule has 8 nitrogen and oxygen atoms in total. The van der Waals surface area contributed by atoms with Crippen molar-refractivity contribution in [3.8, 4) is 5.75 Å². The second kappa shape index (κ2) is 10.6. The number of benzene rings is 1. The van der Waals surface area contributed by atoms with Gasteiger partial charge in [-0.05, 0) is 50.9 Å². The van der Waals surface area contributed by atoms with E-state index in [1.807, 2.05) is 6.92 Å². The molecule has 0 aliphatic carbocycles. The fourth-order valence-corrected chi connectivity index (χ4v) is 5.89. The smallest absolute Gasteiger partial charge is 0.251 e. The summed E-state index contributed by atoms with van der Waals surface area (Å²) in [5.41, 5.74) is 0.324. The molecule has 2 aliphatic rings. The Kier molecular flexibility index (Phi) is 8.10. The van der Waals surface area contributed by atoms with Crippen molar-refractivity contribution >= 4 is 15.9 Å². The second-order valence-electron chi connectivity index (χ2n) is 7.89. The number of morpholine rings is 1. The highest BCUT2D eigenvalue weighted by molar-refractivity contribution is 7.89. The zero-order chi connectivity index (χ0) is 21.6. The van der Waals surface area contributed by atoms with Crippen LogP contribution in [0.2, 0.25) is 0 Å². The molecule has 0 spiro atoms. The molecule has 0 aromatic heterocycles. The van der Waals surface area contributed by atoms with Crippen molar-refractivity contribution in [1.82, 2.24) is 14.5 Å². The first-order valence-corrected chi connectivity index (χ1v) is 12.2. The highest BCUT2D eigenvalue weighted by Crippen LogP contribution is 2.31. The third-order valence-electron chi connectivity index (χ3n) is 5.79. The van der Waals surface area contributed by atoms with Crippen LogP contribution in [0.4, 0.5) is 0 Å². The molecule has 0 saturated carbocycles. The van der Waals surface area contributed by atoms with Crippen LogP contribution in [-0.4, -0.2) is 82.6 Å². The number of rotatable bonds is 8. The number of hydrogen-bond acceptors (Lipinski definition) is 6. The average molecular weight is 440 g/mol. The molecule has 1 aromatic carbocycles. The van der Waals surface area contributed by atoms with Crippen molar-refractivity contribution in [3.05, 3.63) is 23.8 Å². The normalized spacial score (nSPS) is 21.3. The van der Waals surface area contributed by atoms with Gasteiger partial charge in [-0.1, -0.05) is 6.42 Å². The fourth-order valence-electron chi connectivity index (χ4n) is 4.01. The first kappa shape index (κ1) is 23.0. The van der Waals surface area contributed by atoms with Crippen LogP contribution in [-0.2, 0) is 14.8 Å². The molecule has 2 fully saturated rings. The van der Waals surface area contributed by atoms with Crippen LogP contribution >= 0.6 is 0 Å². The maximum atomic E-state index is 13.3. The van der Waals surface area contributed by atoms with E-state index in [1.54, 1.807) is 12.1 Å². The minimum atomic E-state index is -3.74. The Balaban J connectivity index is 1.66. The van der Waals surface area contributed by atoms with Crippen LogP contribution in [0.5, 0.6) is 5.75 Å². The zero-order valence-corrected chi connectivity index (χ0v) is 18.7. The summed E-state index contributed by atoms with van der Waals surface area (Å²) in [7, 11) is -2.30. The number of amides is 1. The molecule has 1 amide bonds. The number of ether oxygens (including phenoxy) is 2. The summed E-state index contributed by atoms with van der Waals surface area (Å²) in [5.74, 6) is -0.0144. The molecule has 9 heteroatoms. The molecule has 30 heavy (non-hydrogen) atoms. The van der Waals surface area contributed by atoms with Crippen molar-refractivity contribution in [2.75, 3.05) is 53.0 Å². The summed E-state index contributed by atoms with van der Waals surface area (Å²) in [6, 6.07) is 4.54. The Morgan fingerprint density at radius 2 is 2.00 bits per heavy atom. The summed E-state index contributed by atoms with van der Waals surface area (Å²) in [5, 5.41) is 2.90. The van der Waals surface area contributed by atoms with E-state index < -0.39 is 10.0 Å². The maximum absolute atomic E-state index is 13.3. The van der Waals surface area contributed by atoms with E-state index in [1.165, 1.54) is 17.5 Å². The third-order valence-corrected chi connectivity index (χ3v) is 7.83. The van der Waals surface area contributed by atoms with Crippen LogP contribution in [0.25, 0.3) is 0 Å². The number of sulfonamides is 1. The van der Waals surface area contributed by atoms with Crippen molar-refractivity contribution in [2.45, 2.75) is 43.5 Å². The van der Waals surface area contributed by atoms with Gasteiger partial charge in [-0.25, -0.2) is 8.42 Å². The Hall–Kier alpha value is -1.68. The van der Waals surface area contributed by atoms with Crippen molar-refractivity contribution in [2.24, 2.45) is 0 Å². The zero-order valence-electron chi connectivity index (χ0n) is 17.9. The van der Waals surface area contributed by atoms with Crippen LogP contribution in [0, 0.1) is 0 Å². The lowest BCUT2D eigenvalue weighted by molar-refractivity contribution is 0.0374. The van der Waals surface area contributed by atoms with E-state index in [0.717, 1.165) is 58.5 Å². The minimum Gasteiger partial charge on any atom is -0.495 e. The molecule has 2 aliphatic heterocycles. The van der Waals surface area contributed by atoms with Gasteiger partial charge in [0.2, 0.25) is 10.0 Å². The number of hydrogen-bond donors (Lipinski definition) is 1. The first-order chi connectivity index (χ1) is 14.4. The Morgan fingerprint density at radius 1 is 1.23 bits per heavy atom. The second-order valence-corrected chi connectivity index (χ2v) is 9.75. The number of carbonyl (C=O) groups is 1. The number of carbonyl (C=O) groups excluding carboxylic acids is 1. The highest BCUT2D eigenvalue weighted by Gasteiger charge is 2.33. The van der Waals surface area contributed by atoms with Gasteiger partial charge in [0.25, 0.3) is 5.91 Å².